The van der Waals surface area contributed by atoms with E-state index in [1.807, 2.05) is 0 Å². The van der Waals surface area contributed by atoms with Crippen LogP contribution in [0.2, 0.25) is 0 Å². The Morgan fingerprint density at radius 2 is 2.12 bits per heavy atom. The summed E-state index contributed by atoms with van der Waals surface area (Å²) in [6.45, 7) is 0. The zero-order valence-corrected chi connectivity index (χ0v) is 14.6. The van der Waals surface area contributed by atoms with Crippen LogP contribution in [0.25, 0.3) is 22.3 Å². The van der Waals surface area contributed by atoms with Gasteiger partial charge in [0.2, 0.25) is 0 Å². The topological polar surface area (TPSA) is 77.0 Å². The Bertz CT molecular complexity index is 1160. The number of hydrogen-bond donors (Lipinski definition) is 1. The van der Waals surface area contributed by atoms with Crippen molar-refractivity contribution in [2.45, 2.75) is 18.9 Å². The molecule has 1 N–H and O–H groups in total. The Labute approximate surface area is 152 Å². The lowest BCUT2D eigenvalue weighted by molar-refractivity contribution is 0.0603. The first-order valence-electron chi connectivity index (χ1n) is 8.04. The van der Waals surface area contributed by atoms with Crippen molar-refractivity contribution in [2.24, 2.45) is 0 Å². The molecule has 0 saturated heterocycles. The number of aromatic nitrogens is 3. The van der Waals surface area contributed by atoms with Crippen LogP contribution in [0.4, 0.5) is 4.39 Å². The first-order chi connectivity index (χ1) is 12.5. The fraction of sp³-hybridized carbons (Fsp3) is 0.222. The quantitative estimate of drug-likeness (QED) is 0.564. The molecular weight excluding hydrogens is 357 g/mol. The predicted octanol–water partition coefficient (Wildman–Crippen LogP) is 3.38. The number of methoxy groups -OCH3 is 1. The summed E-state index contributed by atoms with van der Waals surface area (Å²) >= 11 is 5.28. The zero-order valence-electron chi connectivity index (χ0n) is 13.8. The van der Waals surface area contributed by atoms with Gasteiger partial charge in [-0.25, -0.2) is 14.2 Å². The molecule has 1 saturated carbocycles. The second kappa shape index (κ2) is 6.14. The Balaban J connectivity index is 2.15. The molecule has 3 aromatic rings. The Kier molecular flexibility index (Phi) is 3.91. The van der Waals surface area contributed by atoms with Crippen LogP contribution < -0.4 is 5.56 Å². The average Bonchev–Trinajstić information content (AvgIpc) is 3.45. The van der Waals surface area contributed by atoms with Crippen LogP contribution in [-0.4, -0.2) is 27.6 Å². The number of nitrogens with zero attached hydrogens (tertiary/aromatic N) is 2. The largest absolute Gasteiger partial charge is 0.465 e. The van der Waals surface area contributed by atoms with Crippen molar-refractivity contribution in [3.05, 3.63) is 56.8 Å². The highest BCUT2D eigenvalue weighted by Crippen LogP contribution is 2.37. The van der Waals surface area contributed by atoms with Crippen molar-refractivity contribution in [3.63, 3.8) is 0 Å². The van der Waals surface area contributed by atoms with Crippen LogP contribution >= 0.6 is 12.2 Å². The third kappa shape index (κ3) is 2.62. The summed E-state index contributed by atoms with van der Waals surface area (Å²) < 4.78 is 21.0. The van der Waals surface area contributed by atoms with Crippen molar-refractivity contribution in [1.82, 2.24) is 14.5 Å². The summed E-state index contributed by atoms with van der Waals surface area (Å²) in [4.78, 5) is 31.9. The summed E-state index contributed by atoms with van der Waals surface area (Å²) in [5, 5.41) is 0.0949. The number of rotatable bonds is 3. The molecule has 0 bridgehead atoms. The van der Waals surface area contributed by atoms with E-state index >= 15 is 0 Å². The maximum atomic E-state index is 14.3. The fourth-order valence-corrected chi connectivity index (χ4v) is 3.32. The molecule has 4 rings (SSSR count). The monoisotopic (exact) mass is 371 g/mol. The Hall–Kier alpha value is -2.87. The van der Waals surface area contributed by atoms with Gasteiger partial charge in [0.05, 0.1) is 23.8 Å². The van der Waals surface area contributed by atoms with Gasteiger partial charge in [0.1, 0.15) is 11.5 Å². The van der Waals surface area contributed by atoms with E-state index in [1.165, 1.54) is 19.2 Å². The highest BCUT2D eigenvalue weighted by atomic mass is 32.1. The van der Waals surface area contributed by atoms with E-state index in [-0.39, 0.29) is 38.7 Å². The lowest BCUT2D eigenvalue weighted by atomic mass is 10.1. The molecule has 1 fully saturated rings. The van der Waals surface area contributed by atoms with Gasteiger partial charge in [0.15, 0.2) is 4.77 Å². The third-order valence-corrected chi connectivity index (χ3v) is 4.66. The summed E-state index contributed by atoms with van der Waals surface area (Å²) in [6.07, 6.45) is 1.79. The molecule has 1 aromatic carbocycles. The average molecular weight is 371 g/mol. The normalized spacial score (nSPS) is 13.8. The molecular formula is C18H14FN3O3S. The molecule has 0 amide bonds. The van der Waals surface area contributed by atoms with E-state index in [0.29, 0.717) is 0 Å². The van der Waals surface area contributed by atoms with Crippen molar-refractivity contribution in [2.75, 3.05) is 7.11 Å². The van der Waals surface area contributed by atoms with E-state index in [0.717, 1.165) is 12.8 Å². The van der Waals surface area contributed by atoms with Crippen molar-refractivity contribution >= 4 is 29.2 Å². The van der Waals surface area contributed by atoms with Gasteiger partial charge in [-0.15, -0.1) is 0 Å². The second-order valence-electron chi connectivity index (χ2n) is 6.09. The van der Waals surface area contributed by atoms with Crippen molar-refractivity contribution < 1.29 is 13.9 Å². The van der Waals surface area contributed by atoms with Gasteiger partial charge >= 0.3 is 5.97 Å². The number of pyridine rings is 1. The molecule has 0 unspecified atom stereocenters. The molecule has 132 valence electrons. The highest BCUT2D eigenvalue weighted by molar-refractivity contribution is 7.71. The Morgan fingerprint density at radius 3 is 2.77 bits per heavy atom. The fourth-order valence-electron chi connectivity index (χ4n) is 3.00. The Morgan fingerprint density at radius 1 is 1.38 bits per heavy atom. The number of aromatic amines is 1. The molecule has 0 spiro atoms. The maximum Gasteiger partial charge on any atom is 0.338 e. The molecule has 0 aliphatic heterocycles. The standard InChI is InChI=1S/C18H14FN3O3S/c1-25-17(24)11-8-13(10-4-2-3-5-12(10)19)20-15-14(11)16(23)21-18(26)22(15)9-6-7-9/h2-5,8-9H,6-7H2,1H3,(H,21,23,26). The molecule has 6 nitrogen and oxygen atoms in total. The minimum Gasteiger partial charge on any atom is -0.465 e. The number of benzene rings is 1. The van der Waals surface area contributed by atoms with Crippen LogP contribution in [0.3, 0.4) is 0 Å². The molecule has 2 aromatic heterocycles. The lowest BCUT2D eigenvalue weighted by Gasteiger charge is -2.13. The van der Waals surface area contributed by atoms with Crippen LogP contribution in [0, 0.1) is 10.6 Å². The van der Waals surface area contributed by atoms with E-state index in [1.54, 1.807) is 22.8 Å². The maximum absolute atomic E-state index is 14.3. The predicted molar refractivity (Wildman–Crippen MR) is 96.2 cm³/mol. The summed E-state index contributed by atoms with van der Waals surface area (Å²) in [5.74, 6) is -1.17. The second-order valence-corrected chi connectivity index (χ2v) is 6.47. The van der Waals surface area contributed by atoms with E-state index in [9.17, 15) is 14.0 Å². The summed E-state index contributed by atoms with van der Waals surface area (Å²) in [6, 6.07) is 7.60. The zero-order chi connectivity index (χ0) is 18.4. The molecule has 1 aliphatic carbocycles. The smallest absolute Gasteiger partial charge is 0.338 e. The minimum absolute atomic E-state index is 0.0291. The van der Waals surface area contributed by atoms with Gasteiger partial charge in [-0.3, -0.25) is 14.3 Å². The third-order valence-electron chi connectivity index (χ3n) is 4.36. The lowest BCUT2D eigenvalue weighted by Crippen LogP contribution is -2.19. The summed E-state index contributed by atoms with van der Waals surface area (Å²) in [7, 11) is 1.22. The molecule has 8 heteroatoms. The van der Waals surface area contributed by atoms with Crippen LogP contribution in [-0.2, 0) is 4.74 Å². The number of hydrogen-bond acceptors (Lipinski definition) is 5. The van der Waals surface area contributed by atoms with E-state index < -0.39 is 17.3 Å². The van der Waals surface area contributed by atoms with Gasteiger partial charge in [0, 0.05) is 11.6 Å². The first kappa shape index (κ1) is 16.6. The van der Waals surface area contributed by atoms with Crippen LogP contribution in [0.1, 0.15) is 29.2 Å². The number of carbonyl (C=O) groups excluding carboxylic acids is 1. The minimum atomic E-state index is -0.694. The van der Waals surface area contributed by atoms with Gasteiger partial charge in [0.25, 0.3) is 5.56 Å². The molecule has 26 heavy (non-hydrogen) atoms. The molecule has 1 aliphatic rings. The number of esters is 1. The highest BCUT2D eigenvalue weighted by Gasteiger charge is 2.29. The summed E-state index contributed by atoms with van der Waals surface area (Å²) in [5.41, 5.74) is 0.247. The molecule has 0 radical (unpaired) electrons. The number of nitrogens with one attached hydrogen (secondary N) is 1. The van der Waals surface area contributed by atoms with Crippen LogP contribution in [0.5, 0.6) is 0 Å². The van der Waals surface area contributed by atoms with E-state index in [4.69, 9.17) is 17.0 Å². The van der Waals surface area contributed by atoms with E-state index in [2.05, 4.69) is 9.97 Å². The number of halogens is 1. The van der Waals surface area contributed by atoms with Gasteiger partial charge in [-0.2, -0.15) is 0 Å². The number of fused-ring (bicyclic) bond motifs is 1. The molecule has 0 atom stereocenters. The molecule has 2 heterocycles. The number of H-pyrrole nitrogens is 1. The van der Waals surface area contributed by atoms with Gasteiger partial charge in [-0.05, 0) is 43.3 Å². The number of ether oxygens (including phenoxy) is 1. The SMILES string of the molecule is COC(=O)c1cc(-c2ccccc2F)nc2c1c(=O)[nH]c(=S)n2C1CC1. The number of carbonyl (C=O) groups is 1. The van der Waals surface area contributed by atoms with Gasteiger partial charge in [-0.1, -0.05) is 12.1 Å². The van der Waals surface area contributed by atoms with Crippen molar-refractivity contribution in [1.29, 1.82) is 0 Å². The van der Waals surface area contributed by atoms with Crippen LogP contribution in [0.15, 0.2) is 35.1 Å². The van der Waals surface area contributed by atoms with Crippen molar-refractivity contribution in [3.8, 4) is 11.3 Å². The van der Waals surface area contributed by atoms with Gasteiger partial charge < -0.3 is 4.74 Å². The first-order valence-corrected chi connectivity index (χ1v) is 8.45.